The summed E-state index contributed by atoms with van der Waals surface area (Å²) in [5, 5.41) is 4.21. The topological polar surface area (TPSA) is 55.2 Å². The number of nitrogens with zero attached hydrogens (tertiary/aromatic N) is 3. The Morgan fingerprint density at radius 3 is 2.62 bits per heavy atom. The summed E-state index contributed by atoms with van der Waals surface area (Å²) in [5.41, 5.74) is -0.503. The van der Waals surface area contributed by atoms with E-state index < -0.39 is 27.5 Å². The van der Waals surface area contributed by atoms with Crippen LogP contribution in [0.3, 0.4) is 0 Å². The summed E-state index contributed by atoms with van der Waals surface area (Å²) in [6.45, 7) is 2.57. The lowest BCUT2D eigenvalue weighted by Gasteiger charge is -2.29. The van der Waals surface area contributed by atoms with E-state index in [9.17, 15) is 21.6 Å². The molecular weight excluding hydrogens is 343 g/mol. The molecule has 0 amide bonds. The van der Waals surface area contributed by atoms with Gasteiger partial charge in [0.2, 0.25) is 10.0 Å². The first-order valence-electron chi connectivity index (χ1n) is 7.38. The van der Waals surface area contributed by atoms with Crippen LogP contribution in [0.1, 0.15) is 23.2 Å². The molecular formula is C15H16F3N3O2S. The Kier molecular flexibility index (Phi) is 4.06. The molecule has 0 spiro atoms. The van der Waals surface area contributed by atoms with Crippen LogP contribution in [0.4, 0.5) is 19.0 Å². The van der Waals surface area contributed by atoms with Gasteiger partial charge >= 0.3 is 6.18 Å². The number of sulfonamides is 1. The molecule has 1 aliphatic rings. The molecule has 9 heteroatoms. The Bertz CT molecular complexity index is 859. The van der Waals surface area contributed by atoms with E-state index >= 15 is 0 Å². The number of halogens is 3. The van der Waals surface area contributed by atoms with Crippen molar-refractivity contribution in [2.24, 2.45) is 0 Å². The lowest BCUT2D eigenvalue weighted by atomic mass is 10.1. The summed E-state index contributed by atoms with van der Waals surface area (Å²) in [5.74, 6) is -0.296. The minimum Gasteiger partial charge on any atom is -0.254 e. The maximum absolute atomic E-state index is 13.1. The third-order valence-corrected chi connectivity index (χ3v) is 5.58. The first-order valence-corrected chi connectivity index (χ1v) is 8.99. The number of benzene rings is 1. The van der Waals surface area contributed by atoms with Crippen molar-refractivity contribution in [2.75, 3.05) is 10.8 Å². The van der Waals surface area contributed by atoms with Crippen molar-refractivity contribution in [3.63, 3.8) is 0 Å². The number of aryl methyl sites for hydroxylation is 2. The smallest absolute Gasteiger partial charge is 0.254 e. The van der Waals surface area contributed by atoms with E-state index in [0.717, 1.165) is 10.4 Å². The van der Waals surface area contributed by atoms with E-state index in [1.165, 1.54) is 18.2 Å². The predicted octanol–water partition coefficient (Wildman–Crippen LogP) is 2.95. The highest BCUT2D eigenvalue weighted by molar-refractivity contribution is 7.92. The number of fused-ring (bicyclic) bond motifs is 1. The molecule has 130 valence electrons. The Morgan fingerprint density at radius 1 is 1.21 bits per heavy atom. The first kappa shape index (κ1) is 16.8. The number of aromatic nitrogens is 2. The van der Waals surface area contributed by atoms with Crippen LogP contribution in [-0.2, 0) is 28.5 Å². The molecule has 1 aliphatic heterocycles. The van der Waals surface area contributed by atoms with E-state index in [4.69, 9.17) is 0 Å². The fourth-order valence-electron chi connectivity index (χ4n) is 2.85. The van der Waals surface area contributed by atoms with Crippen molar-refractivity contribution in [2.45, 2.75) is 31.8 Å². The second-order valence-corrected chi connectivity index (χ2v) is 7.60. The quantitative estimate of drug-likeness (QED) is 0.847. The Balaban J connectivity index is 1.97. The van der Waals surface area contributed by atoms with Gasteiger partial charge in [-0.2, -0.15) is 18.3 Å². The fourth-order valence-corrected chi connectivity index (χ4v) is 4.49. The molecule has 0 atom stereocenters. The first-order chi connectivity index (χ1) is 11.2. The van der Waals surface area contributed by atoms with Crippen molar-refractivity contribution >= 4 is 15.8 Å². The molecule has 0 N–H and O–H groups in total. The molecule has 2 aromatic rings. The average Bonchev–Trinajstić information content (AvgIpc) is 2.86. The Labute approximate surface area is 137 Å². The highest BCUT2D eigenvalue weighted by Crippen LogP contribution is 2.34. The SMILES string of the molecule is Cc1cc2n(n1)CCCN2S(=O)(=O)Cc1ccccc1C(F)(F)F. The van der Waals surface area contributed by atoms with Gasteiger partial charge in [-0.1, -0.05) is 18.2 Å². The average molecular weight is 359 g/mol. The molecule has 0 unspecified atom stereocenters. The maximum atomic E-state index is 13.1. The molecule has 1 aromatic heterocycles. The molecule has 0 fully saturated rings. The van der Waals surface area contributed by atoms with Crippen molar-refractivity contribution in [1.29, 1.82) is 0 Å². The van der Waals surface area contributed by atoms with Gasteiger partial charge in [-0.25, -0.2) is 13.1 Å². The van der Waals surface area contributed by atoms with E-state index in [0.29, 0.717) is 24.5 Å². The zero-order chi connectivity index (χ0) is 17.5. The van der Waals surface area contributed by atoms with Crippen LogP contribution in [-0.4, -0.2) is 24.7 Å². The summed E-state index contributed by atoms with van der Waals surface area (Å²) in [7, 11) is -3.95. The van der Waals surface area contributed by atoms with Gasteiger partial charge in [0, 0.05) is 19.2 Å². The third kappa shape index (κ3) is 3.12. The second kappa shape index (κ2) is 5.80. The van der Waals surface area contributed by atoms with E-state index in [-0.39, 0.29) is 12.1 Å². The predicted molar refractivity (Wildman–Crippen MR) is 83.0 cm³/mol. The molecule has 0 radical (unpaired) electrons. The molecule has 24 heavy (non-hydrogen) atoms. The highest BCUT2D eigenvalue weighted by Gasteiger charge is 2.36. The summed E-state index contributed by atoms with van der Waals surface area (Å²) >= 11 is 0. The molecule has 3 rings (SSSR count). The number of hydrogen-bond donors (Lipinski definition) is 0. The van der Waals surface area contributed by atoms with E-state index in [1.54, 1.807) is 17.7 Å². The molecule has 0 bridgehead atoms. The summed E-state index contributed by atoms with van der Waals surface area (Å²) in [6.07, 6.45) is -4.03. The third-order valence-electron chi connectivity index (χ3n) is 3.86. The zero-order valence-electron chi connectivity index (χ0n) is 12.9. The van der Waals surface area contributed by atoms with Crippen molar-refractivity contribution in [3.05, 3.63) is 47.2 Å². The largest absolute Gasteiger partial charge is 0.416 e. The second-order valence-electron chi connectivity index (χ2n) is 5.70. The number of rotatable bonds is 3. The van der Waals surface area contributed by atoms with E-state index in [1.807, 2.05) is 0 Å². The van der Waals surface area contributed by atoms with Gasteiger partial charge < -0.3 is 0 Å². The minimum absolute atomic E-state index is 0.238. The number of alkyl halides is 3. The summed E-state index contributed by atoms with van der Waals surface area (Å²) in [6, 6.07) is 6.39. The zero-order valence-corrected chi connectivity index (χ0v) is 13.7. The van der Waals surface area contributed by atoms with Crippen LogP contribution in [0.5, 0.6) is 0 Å². The van der Waals surface area contributed by atoms with E-state index in [2.05, 4.69) is 5.10 Å². The number of anilines is 1. The van der Waals surface area contributed by atoms with Gasteiger partial charge in [-0.05, 0) is 25.0 Å². The summed E-state index contributed by atoms with van der Waals surface area (Å²) in [4.78, 5) is 0. The van der Waals surface area contributed by atoms with Crippen LogP contribution in [0, 0.1) is 6.92 Å². The van der Waals surface area contributed by atoms with Crippen molar-refractivity contribution in [3.8, 4) is 0 Å². The maximum Gasteiger partial charge on any atom is 0.416 e. The van der Waals surface area contributed by atoms with Crippen molar-refractivity contribution in [1.82, 2.24) is 9.78 Å². The Morgan fingerprint density at radius 2 is 1.92 bits per heavy atom. The van der Waals surface area contributed by atoms with Crippen LogP contribution >= 0.6 is 0 Å². The standard InChI is InChI=1S/C15H16F3N3O2S/c1-11-9-14-20(19-11)7-4-8-21(14)24(22,23)10-12-5-2-3-6-13(12)15(16,17)18/h2-3,5-6,9H,4,7-8,10H2,1H3. The lowest BCUT2D eigenvalue weighted by molar-refractivity contribution is -0.138. The van der Waals surface area contributed by atoms with Crippen LogP contribution in [0.25, 0.3) is 0 Å². The van der Waals surface area contributed by atoms with Crippen LogP contribution < -0.4 is 4.31 Å². The van der Waals surface area contributed by atoms with Crippen LogP contribution in [0.2, 0.25) is 0 Å². The van der Waals surface area contributed by atoms with Gasteiger partial charge in [0.05, 0.1) is 17.0 Å². The minimum atomic E-state index is -4.59. The van der Waals surface area contributed by atoms with Crippen LogP contribution in [0.15, 0.2) is 30.3 Å². The molecule has 0 saturated carbocycles. The molecule has 1 aromatic carbocycles. The van der Waals surface area contributed by atoms with Gasteiger partial charge in [-0.3, -0.25) is 4.31 Å². The molecule has 0 aliphatic carbocycles. The monoisotopic (exact) mass is 359 g/mol. The van der Waals surface area contributed by atoms with Gasteiger partial charge in [0.25, 0.3) is 0 Å². The Hall–Kier alpha value is -2.03. The fraction of sp³-hybridized carbons (Fsp3) is 0.400. The number of hydrogen-bond acceptors (Lipinski definition) is 3. The van der Waals surface area contributed by atoms with Gasteiger partial charge in [-0.15, -0.1) is 0 Å². The summed E-state index contributed by atoms with van der Waals surface area (Å²) < 4.78 is 67.4. The van der Waals surface area contributed by atoms with Crippen molar-refractivity contribution < 1.29 is 21.6 Å². The molecule has 0 saturated heterocycles. The van der Waals surface area contributed by atoms with Gasteiger partial charge in [0.1, 0.15) is 5.82 Å². The normalized spacial score (nSPS) is 15.4. The van der Waals surface area contributed by atoms with Gasteiger partial charge in [0.15, 0.2) is 0 Å². The highest BCUT2D eigenvalue weighted by atomic mass is 32.2. The lowest BCUT2D eigenvalue weighted by Crippen LogP contribution is -2.38. The molecule has 5 nitrogen and oxygen atoms in total. The molecule has 2 heterocycles.